The number of pyridine rings is 1. The Kier molecular flexibility index (Phi) is 10.4. The number of para-hydroxylation sites is 1. The molecule has 1 N–H and O–H groups in total. The van der Waals surface area contributed by atoms with Crippen LogP contribution in [0.2, 0.25) is 0 Å². The number of carbonyl (C=O) groups excluding carboxylic acids is 2. The smallest absolute Gasteiger partial charge is 0.187 e. The SMILES string of the molecule is CC(C)CC(=O)/C=C(\O)CC(C)C.Cc1[c-]c(-c2nc3ccccc3c3c2C(=O)c2ccccc2-3)cc(C)c1.[Ir]. The van der Waals surface area contributed by atoms with Gasteiger partial charge in [-0.25, -0.2) is 0 Å². The van der Waals surface area contributed by atoms with Gasteiger partial charge in [0.15, 0.2) is 11.6 Å². The zero-order valence-electron chi connectivity index (χ0n) is 24.0. The summed E-state index contributed by atoms with van der Waals surface area (Å²) in [5.74, 6) is 1.03. The number of benzene rings is 3. The number of carbonyl (C=O) groups is 2. The Morgan fingerprint density at radius 1 is 0.900 bits per heavy atom. The Labute approximate surface area is 250 Å². The van der Waals surface area contributed by atoms with E-state index in [1.165, 1.54) is 6.08 Å². The Balaban J connectivity index is 0.000000272. The van der Waals surface area contributed by atoms with Crippen molar-refractivity contribution in [2.45, 2.75) is 54.4 Å². The molecule has 5 rings (SSSR count). The second-order valence-electron chi connectivity index (χ2n) is 11.2. The van der Waals surface area contributed by atoms with Crippen LogP contribution < -0.4 is 0 Å². The minimum Gasteiger partial charge on any atom is -0.512 e. The fraction of sp³-hybridized carbons (Fsp3) is 0.286. The van der Waals surface area contributed by atoms with E-state index in [9.17, 15) is 14.7 Å². The van der Waals surface area contributed by atoms with E-state index in [0.29, 0.717) is 30.2 Å². The summed E-state index contributed by atoms with van der Waals surface area (Å²) < 4.78 is 0. The van der Waals surface area contributed by atoms with E-state index in [0.717, 1.165) is 50.0 Å². The molecule has 0 saturated carbocycles. The summed E-state index contributed by atoms with van der Waals surface area (Å²) >= 11 is 0. The zero-order valence-corrected chi connectivity index (χ0v) is 26.4. The summed E-state index contributed by atoms with van der Waals surface area (Å²) in [5.41, 5.74) is 8.15. The summed E-state index contributed by atoms with van der Waals surface area (Å²) in [5, 5.41) is 10.4. The molecular weight excluding hydrogens is 675 g/mol. The number of hydrogen-bond donors (Lipinski definition) is 1. The number of ketones is 2. The maximum Gasteiger partial charge on any atom is 0.187 e. The Morgan fingerprint density at radius 2 is 1.52 bits per heavy atom. The van der Waals surface area contributed by atoms with E-state index in [1.54, 1.807) is 0 Å². The van der Waals surface area contributed by atoms with Crippen LogP contribution in [0, 0.1) is 31.7 Å². The van der Waals surface area contributed by atoms with Crippen molar-refractivity contribution in [1.82, 2.24) is 4.98 Å². The molecule has 3 aromatic carbocycles. The average molecular weight is 711 g/mol. The van der Waals surface area contributed by atoms with Gasteiger partial charge in [-0.05, 0) is 29.0 Å². The molecule has 0 spiro atoms. The Bertz CT molecular complexity index is 1560. The third-order valence-corrected chi connectivity index (χ3v) is 6.52. The molecule has 0 atom stereocenters. The largest absolute Gasteiger partial charge is 0.512 e. The normalized spacial score (nSPS) is 12.1. The van der Waals surface area contributed by atoms with Gasteiger partial charge in [-0.2, -0.15) is 0 Å². The number of aliphatic hydroxyl groups excluding tert-OH is 1. The van der Waals surface area contributed by atoms with Crippen LogP contribution in [0.3, 0.4) is 0 Å². The predicted octanol–water partition coefficient (Wildman–Crippen LogP) is 8.62. The van der Waals surface area contributed by atoms with E-state index in [-0.39, 0.29) is 37.4 Å². The fourth-order valence-electron chi connectivity index (χ4n) is 5.09. The first-order chi connectivity index (χ1) is 18.5. The number of fused-ring (bicyclic) bond motifs is 5. The summed E-state index contributed by atoms with van der Waals surface area (Å²) in [6, 6.07) is 23.4. The maximum absolute atomic E-state index is 13.2. The van der Waals surface area contributed by atoms with E-state index in [4.69, 9.17) is 4.98 Å². The van der Waals surface area contributed by atoms with Crippen molar-refractivity contribution in [2.75, 3.05) is 0 Å². The van der Waals surface area contributed by atoms with Crippen LogP contribution in [0.5, 0.6) is 0 Å². The predicted molar refractivity (Wildman–Crippen MR) is 159 cm³/mol. The van der Waals surface area contributed by atoms with E-state index < -0.39 is 0 Å². The van der Waals surface area contributed by atoms with Crippen molar-refractivity contribution in [1.29, 1.82) is 0 Å². The molecular formula is C35H36IrNO3-. The first-order valence-corrected chi connectivity index (χ1v) is 13.5. The molecule has 1 radical (unpaired) electrons. The second kappa shape index (κ2) is 13.3. The van der Waals surface area contributed by atoms with Crippen molar-refractivity contribution in [3.05, 3.63) is 101 Å². The van der Waals surface area contributed by atoms with E-state index in [1.807, 2.05) is 83.1 Å². The van der Waals surface area contributed by atoms with Crippen LogP contribution >= 0.6 is 0 Å². The first-order valence-electron chi connectivity index (χ1n) is 13.5. The molecule has 209 valence electrons. The second-order valence-corrected chi connectivity index (χ2v) is 11.2. The van der Waals surface area contributed by atoms with Crippen molar-refractivity contribution in [3.8, 4) is 22.4 Å². The standard InChI is InChI=1S/C24H16NO.C11H20O2.Ir/c1-14-11-15(2)13-16(12-14)23-22-21(19-9-5-6-10-20(19)25-23)17-7-3-4-8-18(17)24(22)26;1-8(2)5-10(12)7-11(13)6-9(3)4;/h3-12H,1-2H3;7-9,12H,5-6H2,1-4H3;/q-1;;/b;10-7-;. The molecule has 0 fully saturated rings. The quantitative estimate of drug-likeness (QED) is 0.109. The molecule has 1 aromatic heterocycles. The Morgan fingerprint density at radius 3 is 2.17 bits per heavy atom. The minimum atomic E-state index is 0. The molecule has 1 aliphatic carbocycles. The van der Waals surface area contributed by atoms with Crippen molar-refractivity contribution >= 4 is 22.5 Å². The third-order valence-electron chi connectivity index (χ3n) is 6.52. The van der Waals surface area contributed by atoms with Crippen LogP contribution in [0.4, 0.5) is 0 Å². The number of aromatic nitrogens is 1. The first kappa shape index (κ1) is 31.1. The molecule has 1 heterocycles. The van der Waals surface area contributed by atoms with Gasteiger partial charge in [0.2, 0.25) is 0 Å². The monoisotopic (exact) mass is 711 g/mol. The van der Waals surface area contributed by atoms with Gasteiger partial charge in [0.25, 0.3) is 0 Å². The van der Waals surface area contributed by atoms with Crippen molar-refractivity contribution < 1.29 is 34.8 Å². The molecule has 0 saturated heterocycles. The molecule has 1 aliphatic rings. The van der Waals surface area contributed by atoms with E-state index in [2.05, 4.69) is 25.1 Å². The Hall–Kier alpha value is -3.40. The van der Waals surface area contributed by atoms with Gasteiger partial charge in [0, 0.05) is 61.2 Å². The van der Waals surface area contributed by atoms with Crippen LogP contribution in [-0.2, 0) is 24.9 Å². The van der Waals surface area contributed by atoms with Gasteiger partial charge < -0.3 is 5.11 Å². The summed E-state index contributed by atoms with van der Waals surface area (Å²) in [6.45, 7) is 12.1. The molecule has 0 bridgehead atoms. The molecule has 0 aliphatic heterocycles. The summed E-state index contributed by atoms with van der Waals surface area (Å²) in [6.07, 6.45) is 2.46. The van der Waals surface area contributed by atoms with Crippen LogP contribution in [0.25, 0.3) is 33.3 Å². The number of hydrogen-bond acceptors (Lipinski definition) is 4. The zero-order chi connectivity index (χ0) is 28.3. The van der Waals surface area contributed by atoms with Crippen molar-refractivity contribution in [2.24, 2.45) is 11.8 Å². The van der Waals surface area contributed by atoms with Crippen LogP contribution in [0.15, 0.2) is 72.5 Å². The number of aliphatic hydroxyl groups is 1. The fourth-order valence-corrected chi connectivity index (χ4v) is 5.09. The van der Waals surface area contributed by atoms with Gasteiger partial charge in [-0.3, -0.25) is 14.6 Å². The molecule has 4 aromatic rings. The topological polar surface area (TPSA) is 67.3 Å². The molecule has 0 amide bonds. The van der Waals surface area contributed by atoms with Gasteiger partial charge in [0.05, 0.1) is 11.3 Å². The molecule has 4 nitrogen and oxygen atoms in total. The summed E-state index contributed by atoms with van der Waals surface area (Å²) in [7, 11) is 0. The van der Waals surface area contributed by atoms with Gasteiger partial charge in [-0.1, -0.05) is 84.0 Å². The van der Waals surface area contributed by atoms with Crippen molar-refractivity contribution in [3.63, 3.8) is 0 Å². The van der Waals surface area contributed by atoms with Gasteiger partial charge >= 0.3 is 0 Å². The molecule has 5 heteroatoms. The number of aryl methyl sites for hydroxylation is 2. The van der Waals surface area contributed by atoms with Gasteiger partial charge in [0.1, 0.15) is 0 Å². The third kappa shape index (κ3) is 7.02. The minimum absolute atomic E-state index is 0. The molecule has 0 unspecified atom stereocenters. The number of rotatable bonds is 6. The summed E-state index contributed by atoms with van der Waals surface area (Å²) in [4.78, 5) is 29.3. The average Bonchev–Trinajstić information content (AvgIpc) is 3.15. The van der Waals surface area contributed by atoms with E-state index >= 15 is 0 Å². The van der Waals surface area contributed by atoms with Crippen LogP contribution in [0.1, 0.15) is 67.6 Å². The van der Waals surface area contributed by atoms with Crippen LogP contribution in [-0.4, -0.2) is 21.7 Å². The number of nitrogens with zero attached hydrogens (tertiary/aromatic N) is 1. The van der Waals surface area contributed by atoms with Gasteiger partial charge in [-0.15, -0.1) is 34.9 Å². The maximum atomic E-state index is 13.2. The molecule has 40 heavy (non-hydrogen) atoms. The number of allylic oxidation sites excluding steroid dienone is 2.